The molecule has 1 aliphatic rings. The Balaban J connectivity index is 2.57. The molecule has 0 radical (unpaired) electrons. The molecule has 0 aliphatic heterocycles. The number of rotatable bonds is 1. The number of hydrogen-bond acceptors (Lipinski definition) is 1. The molecule has 64 valence electrons. The van der Waals surface area contributed by atoms with Gasteiger partial charge in [0.2, 0.25) is 0 Å². The summed E-state index contributed by atoms with van der Waals surface area (Å²) in [6, 6.07) is 0. The number of hydrogen-bond donors (Lipinski definition) is 1. The Kier molecular flexibility index (Phi) is 1.82. The number of carboxylic acids is 1. The van der Waals surface area contributed by atoms with Crippen LogP contribution in [0.15, 0.2) is 0 Å². The fraction of sp³-hybridized carbons (Fsp3) is 0.833. The van der Waals surface area contributed by atoms with Crippen LogP contribution in [0.5, 0.6) is 0 Å². The van der Waals surface area contributed by atoms with Crippen molar-refractivity contribution < 1.29 is 23.1 Å². The summed E-state index contributed by atoms with van der Waals surface area (Å²) in [5.74, 6) is -4.14. The van der Waals surface area contributed by atoms with Gasteiger partial charge < -0.3 is 5.11 Å². The fourth-order valence-electron chi connectivity index (χ4n) is 1.19. The second-order valence-electron chi connectivity index (χ2n) is 2.67. The summed E-state index contributed by atoms with van der Waals surface area (Å²) < 4.78 is 35.5. The Hall–Kier alpha value is -0.740. The van der Waals surface area contributed by atoms with Crippen molar-refractivity contribution in [3.05, 3.63) is 0 Å². The SMILES string of the molecule is O=C(O)C1CCC1C(F)(F)F. The first-order chi connectivity index (χ1) is 4.93. The second kappa shape index (κ2) is 2.39. The molecule has 1 rings (SSSR count). The third-order valence-electron chi connectivity index (χ3n) is 2.01. The average Bonchev–Trinajstić information content (AvgIpc) is 1.51. The topological polar surface area (TPSA) is 37.3 Å². The number of carbonyl (C=O) groups is 1. The van der Waals surface area contributed by atoms with Crippen molar-refractivity contribution in [3.63, 3.8) is 0 Å². The molecule has 0 spiro atoms. The Morgan fingerprint density at radius 2 is 1.91 bits per heavy atom. The van der Waals surface area contributed by atoms with Crippen molar-refractivity contribution in [1.29, 1.82) is 0 Å². The van der Waals surface area contributed by atoms with Crippen LogP contribution in [0.1, 0.15) is 12.8 Å². The standard InChI is InChI=1S/C6H7F3O2/c7-6(8,9)4-2-1-3(4)5(10)11/h3-4H,1-2H2,(H,10,11). The third kappa shape index (κ3) is 1.46. The smallest absolute Gasteiger partial charge is 0.392 e. The van der Waals surface area contributed by atoms with Crippen LogP contribution >= 0.6 is 0 Å². The predicted molar refractivity (Wildman–Crippen MR) is 29.9 cm³/mol. The van der Waals surface area contributed by atoms with Gasteiger partial charge in [0.1, 0.15) is 0 Å². The molecule has 1 N–H and O–H groups in total. The average molecular weight is 168 g/mol. The molecule has 0 aromatic heterocycles. The molecule has 0 heterocycles. The zero-order chi connectivity index (χ0) is 8.65. The molecule has 0 bridgehead atoms. The third-order valence-corrected chi connectivity index (χ3v) is 2.01. The van der Waals surface area contributed by atoms with E-state index >= 15 is 0 Å². The van der Waals surface area contributed by atoms with Gasteiger partial charge in [-0.05, 0) is 12.8 Å². The van der Waals surface area contributed by atoms with Gasteiger partial charge >= 0.3 is 12.1 Å². The first-order valence-electron chi connectivity index (χ1n) is 3.22. The zero-order valence-electron chi connectivity index (χ0n) is 5.56. The minimum Gasteiger partial charge on any atom is -0.481 e. The predicted octanol–water partition coefficient (Wildman–Crippen LogP) is 1.66. The molecule has 0 amide bonds. The molecular formula is C6H7F3O2. The first kappa shape index (κ1) is 8.36. The molecule has 11 heavy (non-hydrogen) atoms. The molecule has 0 aromatic rings. The van der Waals surface area contributed by atoms with Crippen LogP contribution in [0.25, 0.3) is 0 Å². The van der Waals surface area contributed by atoms with E-state index in [9.17, 15) is 18.0 Å². The summed E-state index contributed by atoms with van der Waals surface area (Å²) in [6.45, 7) is 0. The van der Waals surface area contributed by atoms with Crippen molar-refractivity contribution in [2.75, 3.05) is 0 Å². The number of alkyl halides is 3. The van der Waals surface area contributed by atoms with Crippen molar-refractivity contribution >= 4 is 5.97 Å². The number of aliphatic carboxylic acids is 1. The Morgan fingerprint density at radius 1 is 1.36 bits per heavy atom. The van der Waals surface area contributed by atoms with Gasteiger partial charge in [0.05, 0.1) is 11.8 Å². The lowest BCUT2D eigenvalue weighted by atomic mass is 9.73. The lowest BCUT2D eigenvalue weighted by Crippen LogP contribution is -2.42. The van der Waals surface area contributed by atoms with Gasteiger partial charge in [0, 0.05) is 0 Å². The van der Waals surface area contributed by atoms with Gasteiger partial charge in [-0.2, -0.15) is 13.2 Å². The molecule has 1 fully saturated rings. The summed E-state index contributed by atoms with van der Waals surface area (Å²) in [5.41, 5.74) is 0. The molecule has 2 atom stereocenters. The summed E-state index contributed by atoms with van der Waals surface area (Å²) in [6.07, 6.45) is -4.22. The normalized spacial score (nSPS) is 31.2. The second-order valence-corrected chi connectivity index (χ2v) is 2.67. The van der Waals surface area contributed by atoms with Gasteiger partial charge in [-0.1, -0.05) is 0 Å². The fourth-order valence-corrected chi connectivity index (χ4v) is 1.19. The van der Waals surface area contributed by atoms with Crippen LogP contribution in [-0.2, 0) is 4.79 Å². The van der Waals surface area contributed by atoms with E-state index < -0.39 is 24.0 Å². The monoisotopic (exact) mass is 168 g/mol. The highest BCUT2D eigenvalue weighted by Crippen LogP contribution is 2.45. The zero-order valence-corrected chi connectivity index (χ0v) is 5.56. The van der Waals surface area contributed by atoms with Crippen molar-refractivity contribution in [3.8, 4) is 0 Å². The summed E-state index contributed by atoms with van der Waals surface area (Å²) in [7, 11) is 0. The summed E-state index contributed by atoms with van der Waals surface area (Å²) in [5, 5.41) is 8.27. The van der Waals surface area contributed by atoms with Crippen LogP contribution in [0.3, 0.4) is 0 Å². The van der Waals surface area contributed by atoms with Crippen molar-refractivity contribution in [2.45, 2.75) is 19.0 Å². The van der Waals surface area contributed by atoms with Crippen LogP contribution in [0.4, 0.5) is 13.2 Å². The highest BCUT2D eigenvalue weighted by Gasteiger charge is 2.52. The van der Waals surface area contributed by atoms with E-state index in [1.54, 1.807) is 0 Å². The van der Waals surface area contributed by atoms with E-state index in [4.69, 9.17) is 5.11 Å². The van der Waals surface area contributed by atoms with Crippen LogP contribution < -0.4 is 0 Å². The molecule has 0 aromatic carbocycles. The minimum atomic E-state index is -4.33. The van der Waals surface area contributed by atoms with Crippen LogP contribution in [-0.4, -0.2) is 17.3 Å². The van der Waals surface area contributed by atoms with E-state index in [-0.39, 0.29) is 12.8 Å². The largest absolute Gasteiger partial charge is 0.481 e. The number of halogens is 3. The van der Waals surface area contributed by atoms with E-state index in [1.807, 2.05) is 0 Å². The lowest BCUT2D eigenvalue weighted by molar-refractivity contribution is -0.218. The molecular weight excluding hydrogens is 161 g/mol. The minimum absolute atomic E-state index is 0.0412. The van der Waals surface area contributed by atoms with Gasteiger partial charge in [-0.25, -0.2) is 0 Å². The van der Waals surface area contributed by atoms with Gasteiger partial charge in [-0.3, -0.25) is 4.79 Å². The molecule has 2 nitrogen and oxygen atoms in total. The maximum absolute atomic E-state index is 11.8. The Labute approximate surface area is 61.0 Å². The van der Waals surface area contributed by atoms with E-state index in [0.29, 0.717) is 0 Å². The maximum atomic E-state index is 11.8. The van der Waals surface area contributed by atoms with Gasteiger partial charge in [-0.15, -0.1) is 0 Å². The van der Waals surface area contributed by atoms with Gasteiger partial charge in [0.15, 0.2) is 0 Å². The Bertz CT molecular complexity index is 175. The highest BCUT2D eigenvalue weighted by molar-refractivity contribution is 5.71. The summed E-state index contributed by atoms with van der Waals surface area (Å²) >= 11 is 0. The highest BCUT2D eigenvalue weighted by atomic mass is 19.4. The van der Waals surface area contributed by atoms with E-state index in [2.05, 4.69) is 0 Å². The van der Waals surface area contributed by atoms with E-state index in [1.165, 1.54) is 0 Å². The lowest BCUT2D eigenvalue weighted by Gasteiger charge is -2.34. The first-order valence-corrected chi connectivity index (χ1v) is 3.22. The van der Waals surface area contributed by atoms with Crippen molar-refractivity contribution in [1.82, 2.24) is 0 Å². The van der Waals surface area contributed by atoms with Crippen LogP contribution in [0.2, 0.25) is 0 Å². The maximum Gasteiger partial charge on any atom is 0.392 e. The number of carboxylic acid groups (broad SMARTS) is 1. The quantitative estimate of drug-likeness (QED) is 0.646. The Morgan fingerprint density at radius 3 is 2.00 bits per heavy atom. The van der Waals surface area contributed by atoms with Crippen molar-refractivity contribution in [2.24, 2.45) is 11.8 Å². The van der Waals surface area contributed by atoms with Crippen LogP contribution in [0, 0.1) is 11.8 Å². The van der Waals surface area contributed by atoms with Gasteiger partial charge in [0.25, 0.3) is 0 Å². The van der Waals surface area contributed by atoms with E-state index in [0.717, 1.165) is 0 Å². The molecule has 2 unspecified atom stereocenters. The summed E-state index contributed by atoms with van der Waals surface area (Å²) in [4.78, 5) is 10.1. The molecule has 1 aliphatic carbocycles. The molecule has 0 saturated heterocycles. The molecule has 5 heteroatoms. The molecule has 1 saturated carbocycles.